The van der Waals surface area contributed by atoms with Crippen LogP contribution in [-0.4, -0.2) is 48.9 Å². The van der Waals surface area contributed by atoms with E-state index in [2.05, 4.69) is 11.4 Å². The Morgan fingerprint density at radius 3 is 2.79 bits per heavy atom. The maximum atomic E-state index is 12.5. The second kappa shape index (κ2) is 7.43. The zero-order valence-electron chi connectivity index (χ0n) is 14.5. The molecule has 1 aliphatic heterocycles. The van der Waals surface area contributed by atoms with Crippen molar-refractivity contribution < 1.29 is 14.6 Å². The van der Waals surface area contributed by atoms with Gasteiger partial charge in [0, 0.05) is 30.6 Å². The number of piperidine rings is 1. The van der Waals surface area contributed by atoms with Crippen LogP contribution >= 0.6 is 0 Å². The van der Waals surface area contributed by atoms with Crippen molar-refractivity contribution in [1.82, 2.24) is 10.2 Å². The molecule has 0 spiro atoms. The van der Waals surface area contributed by atoms with E-state index in [0.717, 1.165) is 38.0 Å². The van der Waals surface area contributed by atoms with Crippen molar-refractivity contribution in [1.29, 1.82) is 0 Å². The lowest BCUT2D eigenvalue weighted by Gasteiger charge is -2.34. The number of aliphatic hydroxyl groups is 1. The number of rotatable bonds is 4. The van der Waals surface area contributed by atoms with Gasteiger partial charge in [-0.05, 0) is 31.7 Å². The first-order chi connectivity index (χ1) is 11.6. The number of ether oxygens (including phenoxy) is 1. The number of likely N-dealkylation sites (tertiary alicyclic amines) is 1. The molecule has 1 unspecified atom stereocenters. The first-order valence-corrected chi connectivity index (χ1v) is 8.99. The van der Waals surface area contributed by atoms with Gasteiger partial charge >= 0.3 is 6.03 Å². The molecule has 2 N–H and O–H groups in total. The average molecular weight is 332 g/mol. The SMILES string of the molecule is COc1ccccc1C1(CNC(=O)N2CCCC(O)C2)CCCC1. The molecule has 0 aromatic heterocycles. The molecule has 1 saturated carbocycles. The minimum absolute atomic E-state index is 0.0450. The van der Waals surface area contributed by atoms with Crippen molar-refractivity contribution in [2.24, 2.45) is 0 Å². The summed E-state index contributed by atoms with van der Waals surface area (Å²) in [6, 6.07) is 8.09. The quantitative estimate of drug-likeness (QED) is 0.891. The number of carbonyl (C=O) groups excluding carboxylic acids is 1. The van der Waals surface area contributed by atoms with Crippen molar-refractivity contribution >= 4 is 6.03 Å². The molecule has 132 valence electrons. The zero-order valence-corrected chi connectivity index (χ0v) is 14.5. The third-order valence-corrected chi connectivity index (χ3v) is 5.50. The average Bonchev–Trinajstić information content (AvgIpc) is 3.09. The van der Waals surface area contributed by atoms with Gasteiger partial charge in [0.2, 0.25) is 0 Å². The molecule has 0 radical (unpaired) electrons. The fraction of sp³-hybridized carbons (Fsp3) is 0.632. The molecule has 3 rings (SSSR count). The van der Waals surface area contributed by atoms with Crippen molar-refractivity contribution in [2.45, 2.75) is 50.0 Å². The number of β-amino-alcohol motifs (C(OH)–C–C–N with tert-alkyl or cyclic N) is 1. The third-order valence-electron chi connectivity index (χ3n) is 5.50. The molecule has 0 bridgehead atoms. The molecule has 1 aromatic rings. The third kappa shape index (κ3) is 3.51. The van der Waals surface area contributed by atoms with Gasteiger partial charge in [-0.25, -0.2) is 4.79 Å². The number of urea groups is 1. The van der Waals surface area contributed by atoms with Gasteiger partial charge in [0.1, 0.15) is 5.75 Å². The number of carbonyl (C=O) groups is 1. The summed E-state index contributed by atoms with van der Waals surface area (Å²) < 4.78 is 5.56. The van der Waals surface area contributed by atoms with Gasteiger partial charge in [-0.15, -0.1) is 0 Å². The van der Waals surface area contributed by atoms with Gasteiger partial charge in [0.05, 0.1) is 13.2 Å². The Hall–Kier alpha value is -1.75. The first kappa shape index (κ1) is 17.1. The molecule has 2 amide bonds. The molecule has 2 fully saturated rings. The Balaban J connectivity index is 1.71. The van der Waals surface area contributed by atoms with Gasteiger partial charge in [-0.1, -0.05) is 31.0 Å². The lowest BCUT2D eigenvalue weighted by Crippen LogP contribution is -2.50. The van der Waals surface area contributed by atoms with Gasteiger partial charge in [0.25, 0.3) is 0 Å². The van der Waals surface area contributed by atoms with Crippen LogP contribution in [0.2, 0.25) is 0 Å². The van der Waals surface area contributed by atoms with E-state index < -0.39 is 0 Å². The Kier molecular flexibility index (Phi) is 5.29. The number of hydrogen-bond acceptors (Lipinski definition) is 3. The summed E-state index contributed by atoms with van der Waals surface area (Å²) in [7, 11) is 1.70. The van der Waals surface area contributed by atoms with Crippen LogP contribution in [0, 0.1) is 0 Å². The lowest BCUT2D eigenvalue weighted by molar-refractivity contribution is 0.0837. The summed E-state index contributed by atoms with van der Waals surface area (Å²) in [6.07, 6.45) is 5.75. The normalized spacial score (nSPS) is 23.1. The molecule has 2 aliphatic rings. The summed E-state index contributed by atoms with van der Waals surface area (Å²) in [5, 5.41) is 12.9. The molecule has 24 heavy (non-hydrogen) atoms. The minimum atomic E-state index is -0.390. The molecule has 1 saturated heterocycles. The predicted molar refractivity (Wildman–Crippen MR) is 93.4 cm³/mol. The topological polar surface area (TPSA) is 61.8 Å². The highest BCUT2D eigenvalue weighted by Gasteiger charge is 2.38. The summed E-state index contributed by atoms with van der Waals surface area (Å²) in [6.45, 7) is 1.79. The van der Waals surface area contributed by atoms with Crippen molar-refractivity contribution in [3.8, 4) is 5.75 Å². The number of benzene rings is 1. The smallest absolute Gasteiger partial charge is 0.317 e. The highest BCUT2D eigenvalue weighted by atomic mass is 16.5. The van der Waals surface area contributed by atoms with Crippen LogP contribution in [0.1, 0.15) is 44.1 Å². The van der Waals surface area contributed by atoms with Gasteiger partial charge < -0.3 is 20.1 Å². The number of amides is 2. The number of hydrogen-bond donors (Lipinski definition) is 2. The van der Waals surface area contributed by atoms with Crippen LogP contribution in [-0.2, 0) is 5.41 Å². The molecule has 1 aliphatic carbocycles. The fourth-order valence-corrected chi connectivity index (χ4v) is 4.17. The Bertz CT molecular complexity index is 569. The van der Waals surface area contributed by atoms with Crippen molar-refractivity contribution in [2.75, 3.05) is 26.7 Å². The fourth-order valence-electron chi connectivity index (χ4n) is 4.17. The molecule has 5 nitrogen and oxygen atoms in total. The van der Waals surface area contributed by atoms with E-state index in [0.29, 0.717) is 13.1 Å². The Morgan fingerprint density at radius 2 is 2.08 bits per heavy atom. The highest BCUT2D eigenvalue weighted by Crippen LogP contribution is 2.44. The van der Waals surface area contributed by atoms with Crippen LogP contribution in [0.3, 0.4) is 0 Å². The van der Waals surface area contributed by atoms with Gasteiger partial charge in [0.15, 0.2) is 0 Å². The number of methoxy groups -OCH3 is 1. The number of nitrogens with one attached hydrogen (secondary N) is 1. The van der Waals surface area contributed by atoms with E-state index in [9.17, 15) is 9.90 Å². The zero-order chi connectivity index (χ0) is 17.0. The summed E-state index contributed by atoms with van der Waals surface area (Å²) in [5.41, 5.74) is 1.15. The van der Waals surface area contributed by atoms with E-state index in [4.69, 9.17) is 4.74 Å². The van der Waals surface area contributed by atoms with E-state index in [-0.39, 0.29) is 17.6 Å². The molecular weight excluding hydrogens is 304 g/mol. The molecule has 1 atom stereocenters. The van der Waals surface area contributed by atoms with Gasteiger partial charge in [-0.3, -0.25) is 0 Å². The molecule has 5 heteroatoms. The highest BCUT2D eigenvalue weighted by molar-refractivity contribution is 5.74. The van der Waals surface area contributed by atoms with E-state index in [1.165, 1.54) is 18.4 Å². The van der Waals surface area contributed by atoms with Crippen molar-refractivity contribution in [3.05, 3.63) is 29.8 Å². The standard InChI is InChI=1S/C19H28N2O3/c1-24-17-9-3-2-8-16(17)19(10-4-5-11-19)14-20-18(23)21-12-6-7-15(22)13-21/h2-3,8-9,15,22H,4-7,10-14H2,1H3,(H,20,23). The van der Waals surface area contributed by atoms with Crippen LogP contribution in [0.4, 0.5) is 4.79 Å². The predicted octanol–water partition coefficient (Wildman–Crippen LogP) is 2.67. The lowest BCUT2D eigenvalue weighted by atomic mass is 9.78. The first-order valence-electron chi connectivity index (χ1n) is 8.99. The van der Waals surface area contributed by atoms with Crippen LogP contribution in [0.5, 0.6) is 5.75 Å². The molecular formula is C19H28N2O3. The summed E-state index contributed by atoms with van der Waals surface area (Å²) in [5.74, 6) is 0.905. The molecule has 1 aromatic carbocycles. The van der Waals surface area contributed by atoms with Crippen molar-refractivity contribution in [3.63, 3.8) is 0 Å². The van der Waals surface area contributed by atoms with Crippen LogP contribution in [0.15, 0.2) is 24.3 Å². The maximum absolute atomic E-state index is 12.5. The van der Waals surface area contributed by atoms with E-state index in [1.54, 1.807) is 12.0 Å². The largest absolute Gasteiger partial charge is 0.496 e. The number of nitrogens with zero attached hydrogens (tertiary/aromatic N) is 1. The molecule has 1 heterocycles. The van der Waals surface area contributed by atoms with Crippen LogP contribution < -0.4 is 10.1 Å². The second-order valence-corrected chi connectivity index (χ2v) is 7.09. The van der Waals surface area contributed by atoms with Crippen LogP contribution in [0.25, 0.3) is 0 Å². The van der Waals surface area contributed by atoms with E-state index >= 15 is 0 Å². The monoisotopic (exact) mass is 332 g/mol. The minimum Gasteiger partial charge on any atom is -0.496 e. The summed E-state index contributed by atoms with van der Waals surface area (Å²) >= 11 is 0. The Labute approximate surface area is 144 Å². The number of para-hydroxylation sites is 1. The van der Waals surface area contributed by atoms with E-state index in [1.807, 2.05) is 18.2 Å². The maximum Gasteiger partial charge on any atom is 0.317 e. The summed E-state index contributed by atoms with van der Waals surface area (Å²) in [4.78, 5) is 14.2. The second-order valence-electron chi connectivity index (χ2n) is 7.09. The van der Waals surface area contributed by atoms with Gasteiger partial charge in [-0.2, -0.15) is 0 Å². The number of aliphatic hydroxyl groups excluding tert-OH is 1. The Morgan fingerprint density at radius 1 is 1.33 bits per heavy atom.